The lowest BCUT2D eigenvalue weighted by Crippen LogP contribution is -2.35. The third kappa shape index (κ3) is 4.33. The van der Waals surface area contributed by atoms with E-state index in [4.69, 9.17) is 4.74 Å². The van der Waals surface area contributed by atoms with E-state index in [9.17, 15) is 0 Å². The minimum Gasteiger partial charge on any atom is -0.376 e. The first-order valence-corrected chi connectivity index (χ1v) is 11.2. The SMILES string of the molecule is CC1CCN(c2nnc(SCC3CCCC3)n2CC2CCCO2)CC1. The molecule has 1 aromatic heterocycles. The van der Waals surface area contributed by atoms with Crippen molar-refractivity contribution in [2.45, 2.75) is 76.1 Å². The average Bonchev–Trinajstić information content (AvgIpc) is 3.37. The van der Waals surface area contributed by atoms with Crippen LogP contribution in [-0.4, -0.2) is 46.3 Å². The Hall–Kier alpha value is -0.750. The van der Waals surface area contributed by atoms with E-state index < -0.39 is 0 Å². The van der Waals surface area contributed by atoms with E-state index in [0.29, 0.717) is 6.10 Å². The molecule has 0 radical (unpaired) electrons. The van der Waals surface area contributed by atoms with Crippen molar-refractivity contribution in [1.82, 2.24) is 14.8 Å². The van der Waals surface area contributed by atoms with Crippen molar-refractivity contribution in [2.75, 3.05) is 30.3 Å². The van der Waals surface area contributed by atoms with Crippen LogP contribution < -0.4 is 4.90 Å². The number of rotatable bonds is 6. The Labute approximate surface area is 155 Å². The van der Waals surface area contributed by atoms with Crippen LogP contribution in [0.5, 0.6) is 0 Å². The molecule has 0 spiro atoms. The first-order valence-electron chi connectivity index (χ1n) is 10.2. The Bertz CT molecular complexity index is 544. The minimum atomic E-state index is 0.337. The number of anilines is 1. The van der Waals surface area contributed by atoms with Gasteiger partial charge in [-0.3, -0.25) is 4.57 Å². The summed E-state index contributed by atoms with van der Waals surface area (Å²) < 4.78 is 8.28. The van der Waals surface area contributed by atoms with E-state index in [1.807, 2.05) is 11.8 Å². The molecule has 2 aliphatic heterocycles. The van der Waals surface area contributed by atoms with E-state index in [2.05, 4.69) is 26.6 Å². The second kappa shape index (κ2) is 8.30. The average molecular weight is 365 g/mol. The van der Waals surface area contributed by atoms with Gasteiger partial charge in [-0.15, -0.1) is 10.2 Å². The summed E-state index contributed by atoms with van der Waals surface area (Å²) in [5, 5.41) is 10.3. The number of piperidine rings is 1. The molecule has 0 aromatic carbocycles. The molecule has 3 aliphatic rings. The fraction of sp³-hybridized carbons (Fsp3) is 0.895. The van der Waals surface area contributed by atoms with Crippen LogP contribution in [0.25, 0.3) is 0 Å². The predicted molar refractivity (Wildman–Crippen MR) is 102 cm³/mol. The Morgan fingerprint density at radius 2 is 1.84 bits per heavy atom. The van der Waals surface area contributed by atoms with Crippen LogP contribution in [0.2, 0.25) is 0 Å². The maximum Gasteiger partial charge on any atom is 0.228 e. The van der Waals surface area contributed by atoms with E-state index in [1.165, 1.54) is 57.1 Å². The molecule has 140 valence electrons. The molecule has 3 heterocycles. The number of thioether (sulfide) groups is 1. The third-order valence-corrected chi connectivity index (χ3v) is 7.30. The van der Waals surface area contributed by atoms with E-state index in [-0.39, 0.29) is 0 Å². The van der Waals surface area contributed by atoms with Gasteiger partial charge in [0.15, 0.2) is 5.16 Å². The lowest BCUT2D eigenvalue weighted by atomic mass is 10.00. The fourth-order valence-electron chi connectivity index (χ4n) is 4.35. The molecule has 3 fully saturated rings. The summed E-state index contributed by atoms with van der Waals surface area (Å²) >= 11 is 1.92. The zero-order valence-electron chi connectivity index (χ0n) is 15.5. The normalized spacial score (nSPS) is 26.0. The lowest BCUT2D eigenvalue weighted by molar-refractivity contribution is 0.0951. The van der Waals surface area contributed by atoms with Crippen LogP contribution >= 0.6 is 11.8 Å². The molecule has 1 aromatic rings. The smallest absolute Gasteiger partial charge is 0.228 e. The molecule has 4 rings (SSSR count). The van der Waals surface area contributed by atoms with Gasteiger partial charge in [0.1, 0.15) is 0 Å². The molecular formula is C19H32N4OS. The molecule has 5 nitrogen and oxygen atoms in total. The molecule has 6 heteroatoms. The summed E-state index contributed by atoms with van der Waals surface area (Å²) in [6.07, 6.45) is 10.8. The topological polar surface area (TPSA) is 43.2 Å². The molecule has 1 saturated carbocycles. The maximum absolute atomic E-state index is 5.91. The highest BCUT2D eigenvalue weighted by atomic mass is 32.2. The molecule has 1 unspecified atom stereocenters. The zero-order chi connectivity index (χ0) is 17.1. The van der Waals surface area contributed by atoms with Crippen molar-refractivity contribution < 1.29 is 4.74 Å². The fourth-order valence-corrected chi connectivity index (χ4v) is 5.48. The van der Waals surface area contributed by atoms with Crippen LogP contribution in [0.1, 0.15) is 58.3 Å². The molecule has 0 bridgehead atoms. The Morgan fingerprint density at radius 1 is 1.04 bits per heavy atom. The number of nitrogens with zero attached hydrogens (tertiary/aromatic N) is 4. The van der Waals surface area contributed by atoms with Gasteiger partial charge in [-0.2, -0.15) is 0 Å². The molecule has 1 atom stereocenters. The standard InChI is InChI=1S/C19H32N4OS/c1-15-8-10-22(11-9-15)18-20-21-19(25-14-16-5-2-3-6-16)23(18)13-17-7-4-12-24-17/h15-17H,2-14H2,1H3. The highest BCUT2D eigenvalue weighted by molar-refractivity contribution is 7.99. The van der Waals surface area contributed by atoms with Gasteiger partial charge in [-0.05, 0) is 50.4 Å². The van der Waals surface area contributed by atoms with Gasteiger partial charge in [0.25, 0.3) is 0 Å². The van der Waals surface area contributed by atoms with Crippen LogP contribution in [-0.2, 0) is 11.3 Å². The Kier molecular flexibility index (Phi) is 5.86. The third-order valence-electron chi connectivity index (χ3n) is 6.10. The van der Waals surface area contributed by atoms with E-state index in [0.717, 1.165) is 49.2 Å². The van der Waals surface area contributed by atoms with Crippen molar-refractivity contribution in [3.63, 3.8) is 0 Å². The van der Waals surface area contributed by atoms with E-state index in [1.54, 1.807) is 0 Å². The second-order valence-corrected chi connectivity index (χ2v) is 9.15. The monoisotopic (exact) mass is 364 g/mol. The molecule has 1 aliphatic carbocycles. The van der Waals surface area contributed by atoms with Crippen LogP contribution in [0.3, 0.4) is 0 Å². The van der Waals surface area contributed by atoms with E-state index >= 15 is 0 Å². The van der Waals surface area contributed by atoms with Gasteiger partial charge >= 0.3 is 0 Å². The first kappa shape index (κ1) is 17.7. The van der Waals surface area contributed by atoms with Gasteiger partial charge < -0.3 is 9.64 Å². The van der Waals surface area contributed by atoms with Crippen LogP contribution in [0, 0.1) is 11.8 Å². The number of ether oxygens (including phenoxy) is 1. The summed E-state index contributed by atoms with van der Waals surface area (Å²) in [6.45, 7) is 6.41. The Balaban J connectivity index is 1.48. The van der Waals surface area contributed by atoms with Gasteiger partial charge in [0, 0.05) is 25.4 Å². The lowest BCUT2D eigenvalue weighted by Gasteiger charge is -2.31. The number of hydrogen-bond donors (Lipinski definition) is 0. The van der Waals surface area contributed by atoms with Crippen molar-refractivity contribution >= 4 is 17.7 Å². The van der Waals surface area contributed by atoms with Crippen LogP contribution in [0.4, 0.5) is 5.95 Å². The summed E-state index contributed by atoms with van der Waals surface area (Å²) in [6, 6.07) is 0. The van der Waals surface area contributed by atoms with Gasteiger partial charge in [0.05, 0.1) is 12.6 Å². The second-order valence-electron chi connectivity index (χ2n) is 8.16. The van der Waals surface area contributed by atoms with Crippen molar-refractivity contribution in [2.24, 2.45) is 11.8 Å². The number of hydrogen-bond acceptors (Lipinski definition) is 5. The molecule has 2 saturated heterocycles. The molecule has 0 amide bonds. The van der Waals surface area contributed by atoms with Crippen LogP contribution in [0.15, 0.2) is 5.16 Å². The highest BCUT2D eigenvalue weighted by Crippen LogP contribution is 2.33. The highest BCUT2D eigenvalue weighted by Gasteiger charge is 2.26. The van der Waals surface area contributed by atoms with Gasteiger partial charge in [0.2, 0.25) is 5.95 Å². The van der Waals surface area contributed by atoms with Gasteiger partial charge in [-0.1, -0.05) is 31.5 Å². The summed E-state index contributed by atoms with van der Waals surface area (Å²) in [4.78, 5) is 2.45. The summed E-state index contributed by atoms with van der Waals surface area (Å²) in [5.41, 5.74) is 0. The van der Waals surface area contributed by atoms with Gasteiger partial charge in [-0.25, -0.2) is 0 Å². The largest absolute Gasteiger partial charge is 0.376 e. The molecular weight excluding hydrogens is 332 g/mol. The maximum atomic E-state index is 5.91. The minimum absolute atomic E-state index is 0.337. The summed E-state index contributed by atoms with van der Waals surface area (Å²) in [7, 11) is 0. The van der Waals surface area contributed by atoms with Crippen molar-refractivity contribution in [3.8, 4) is 0 Å². The van der Waals surface area contributed by atoms with Crippen molar-refractivity contribution in [3.05, 3.63) is 0 Å². The van der Waals surface area contributed by atoms with Crippen molar-refractivity contribution in [1.29, 1.82) is 0 Å². The first-order chi connectivity index (χ1) is 12.3. The number of aromatic nitrogens is 3. The summed E-state index contributed by atoms with van der Waals surface area (Å²) in [5.74, 6) is 3.98. The Morgan fingerprint density at radius 3 is 2.56 bits per heavy atom. The quantitative estimate of drug-likeness (QED) is 0.715. The molecule has 0 N–H and O–H groups in total. The zero-order valence-corrected chi connectivity index (χ0v) is 16.3. The predicted octanol–water partition coefficient (Wildman–Crippen LogP) is 3.98. The molecule has 25 heavy (non-hydrogen) atoms.